The van der Waals surface area contributed by atoms with E-state index >= 15 is 0 Å². The molecule has 1 fully saturated rings. The van der Waals surface area contributed by atoms with Gasteiger partial charge in [-0.15, -0.1) is 0 Å². The number of aromatic hydroxyl groups is 1. The van der Waals surface area contributed by atoms with Gasteiger partial charge in [-0.1, -0.05) is 42.5 Å². The van der Waals surface area contributed by atoms with Gasteiger partial charge in [0, 0.05) is 19.6 Å². The molecule has 3 rings (SSSR count). The maximum atomic E-state index is 12.3. The van der Waals surface area contributed by atoms with Crippen LogP contribution in [0.3, 0.4) is 0 Å². The quantitative estimate of drug-likeness (QED) is 0.846. The summed E-state index contributed by atoms with van der Waals surface area (Å²) in [5, 5.41) is 12.6. The zero-order chi connectivity index (χ0) is 17.5. The summed E-state index contributed by atoms with van der Waals surface area (Å²) < 4.78 is 5.45. The Balaban J connectivity index is 1.62. The van der Waals surface area contributed by atoms with Crippen molar-refractivity contribution >= 4 is 5.91 Å². The average molecular weight is 340 g/mol. The first-order valence-electron chi connectivity index (χ1n) is 8.64. The lowest BCUT2D eigenvalue weighted by Crippen LogP contribution is -2.44. The Morgan fingerprint density at radius 2 is 1.88 bits per heavy atom. The maximum Gasteiger partial charge on any atom is 0.224 e. The summed E-state index contributed by atoms with van der Waals surface area (Å²) in [5.41, 5.74) is 2.00. The van der Waals surface area contributed by atoms with Gasteiger partial charge in [0.2, 0.25) is 5.91 Å². The lowest BCUT2D eigenvalue weighted by molar-refractivity contribution is -0.120. The predicted octanol–water partition coefficient (Wildman–Crippen LogP) is 2.12. The van der Waals surface area contributed by atoms with E-state index in [9.17, 15) is 9.90 Å². The summed E-state index contributed by atoms with van der Waals surface area (Å²) in [6, 6.07) is 17.2. The first-order chi connectivity index (χ1) is 12.2. The zero-order valence-corrected chi connectivity index (χ0v) is 14.2. The summed E-state index contributed by atoms with van der Waals surface area (Å²) in [5.74, 6) is 0.139. The molecule has 0 saturated carbocycles. The molecule has 0 radical (unpaired) electrons. The van der Waals surface area contributed by atoms with E-state index in [4.69, 9.17) is 4.74 Å². The minimum absolute atomic E-state index is 0.0419. The zero-order valence-electron chi connectivity index (χ0n) is 14.2. The second-order valence-electron chi connectivity index (χ2n) is 6.23. The molecule has 5 nitrogen and oxygen atoms in total. The number of amides is 1. The fourth-order valence-corrected chi connectivity index (χ4v) is 3.15. The summed E-state index contributed by atoms with van der Waals surface area (Å²) in [4.78, 5) is 14.7. The van der Waals surface area contributed by atoms with Gasteiger partial charge >= 0.3 is 0 Å². The van der Waals surface area contributed by atoms with E-state index in [1.54, 1.807) is 18.2 Å². The van der Waals surface area contributed by atoms with Crippen LogP contribution in [0, 0.1) is 0 Å². The Labute approximate surface area is 148 Å². The number of nitrogens with one attached hydrogen (secondary N) is 1. The number of hydrogen-bond acceptors (Lipinski definition) is 4. The minimum Gasteiger partial charge on any atom is -0.508 e. The third kappa shape index (κ3) is 5.05. The highest BCUT2D eigenvalue weighted by molar-refractivity contribution is 5.78. The van der Waals surface area contributed by atoms with Gasteiger partial charge in [0.25, 0.3) is 0 Å². The second-order valence-corrected chi connectivity index (χ2v) is 6.23. The molecule has 1 saturated heterocycles. The standard InChI is InChI=1S/C20H24N2O3/c23-18-8-4-5-16(13-18)14-20(24)21-15-19(17-6-2-1-3-7-17)22-9-11-25-12-10-22/h1-8,13,19,23H,9-12,14-15H2,(H,21,24)/t19-/m1/s1. The molecule has 0 aromatic heterocycles. The van der Waals surface area contributed by atoms with Crippen LogP contribution in [0.25, 0.3) is 0 Å². The number of morpholine rings is 1. The van der Waals surface area contributed by atoms with Crippen molar-refractivity contribution in [3.8, 4) is 5.75 Å². The lowest BCUT2D eigenvalue weighted by Gasteiger charge is -2.35. The minimum atomic E-state index is -0.0419. The monoisotopic (exact) mass is 340 g/mol. The summed E-state index contributed by atoms with van der Waals surface area (Å²) in [7, 11) is 0. The van der Waals surface area contributed by atoms with Gasteiger partial charge < -0.3 is 15.2 Å². The largest absolute Gasteiger partial charge is 0.508 e. The molecule has 0 aliphatic carbocycles. The summed E-state index contributed by atoms with van der Waals surface area (Å²) >= 11 is 0. The fourth-order valence-electron chi connectivity index (χ4n) is 3.15. The first kappa shape index (κ1) is 17.5. The fraction of sp³-hybridized carbons (Fsp3) is 0.350. The topological polar surface area (TPSA) is 61.8 Å². The van der Waals surface area contributed by atoms with Crippen molar-refractivity contribution in [3.63, 3.8) is 0 Å². The highest BCUT2D eigenvalue weighted by atomic mass is 16.5. The van der Waals surface area contributed by atoms with E-state index < -0.39 is 0 Å². The molecule has 2 N–H and O–H groups in total. The molecular formula is C20H24N2O3. The van der Waals surface area contributed by atoms with Gasteiger partial charge in [-0.3, -0.25) is 9.69 Å². The molecule has 1 aliphatic rings. The molecule has 2 aromatic carbocycles. The number of carbonyl (C=O) groups is 1. The molecular weight excluding hydrogens is 316 g/mol. The van der Waals surface area contributed by atoms with Gasteiger partial charge in [-0.2, -0.15) is 0 Å². The molecule has 0 unspecified atom stereocenters. The molecule has 25 heavy (non-hydrogen) atoms. The normalized spacial score (nSPS) is 16.3. The van der Waals surface area contributed by atoms with Crippen LogP contribution in [-0.2, 0) is 16.0 Å². The van der Waals surface area contributed by atoms with E-state index in [0.29, 0.717) is 6.54 Å². The van der Waals surface area contributed by atoms with Crippen molar-refractivity contribution in [3.05, 3.63) is 65.7 Å². The SMILES string of the molecule is O=C(Cc1cccc(O)c1)NC[C@H](c1ccccc1)N1CCOCC1. The van der Waals surface area contributed by atoms with Crippen molar-refractivity contribution < 1.29 is 14.6 Å². The van der Waals surface area contributed by atoms with Crippen LogP contribution in [0.1, 0.15) is 17.2 Å². The molecule has 0 spiro atoms. The molecule has 1 heterocycles. The molecule has 2 aromatic rings. The molecule has 1 amide bonds. The maximum absolute atomic E-state index is 12.3. The Hall–Kier alpha value is -2.37. The van der Waals surface area contributed by atoms with Crippen LogP contribution in [0.5, 0.6) is 5.75 Å². The van der Waals surface area contributed by atoms with Crippen molar-refractivity contribution in [1.29, 1.82) is 0 Å². The molecule has 1 atom stereocenters. The van der Waals surface area contributed by atoms with Gasteiger partial charge in [-0.25, -0.2) is 0 Å². The van der Waals surface area contributed by atoms with Crippen molar-refractivity contribution in [1.82, 2.24) is 10.2 Å². The van der Waals surface area contributed by atoms with E-state index in [2.05, 4.69) is 22.3 Å². The number of carbonyl (C=O) groups excluding carboxylic acids is 1. The average Bonchev–Trinajstić information content (AvgIpc) is 2.64. The highest BCUT2D eigenvalue weighted by Gasteiger charge is 2.23. The molecule has 0 bridgehead atoms. The molecule has 132 valence electrons. The molecule has 5 heteroatoms. The molecule has 1 aliphatic heterocycles. The van der Waals surface area contributed by atoms with Crippen LogP contribution >= 0.6 is 0 Å². The third-order valence-corrected chi connectivity index (χ3v) is 4.44. The Bertz CT molecular complexity index is 684. The van der Waals surface area contributed by atoms with Crippen LogP contribution in [0.2, 0.25) is 0 Å². The summed E-state index contributed by atoms with van der Waals surface area (Å²) in [6.07, 6.45) is 0.263. The number of phenols is 1. The Kier molecular flexibility index (Phi) is 6.04. The first-order valence-corrected chi connectivity index (χ1v) is 8.64. The summed E-state index contributed by atoms with van der Waals surface area (Å²) in [6.45, 7) is 3.73. The second kappa shape index (κ2) is 8.65. The van der Waals surface area contributed by atoms with Crippen molar-refractivity contribution in [2.24, 2.45) is 0 Å². The number of benzene rings is 2. The van der Waals surface area contributed by atoms with Crippen LogP contribution in [-0.4, -0.2) is 48.8 Å². The predicted molar refractivity (Wildman–Crippen MR) is 96.4 cm³/mol. The van der Waals surface area contributed by atoms with E-state index in [0.717, 1.165) is 31.9 Å². The number of rotatable bonds is 6. The lowest BCUT2D eigenvalue weighted by atomic mass is 10.0. The van der Waals surface area contributed by atoms with Crippen LogP contribution in [0.15, 0.2) is 54.6 Å². The van der Waals surface area contributed by atoms with Crippen molar-refractivity contribution in [2.45, 2.75) is 12.5 Å². The highest BCUT2D eigenvalue weighted by Crippen LogP contribution is 2.21. The number of ether oxygens (including phenoxy) is 1. The van der Waals surface area contributed by atoms with Crippen LogP contribution < -0.4 is 5.32 Å². The van der Waals surface area contributed by atoms with Gasteiger partial charge in [0.15, 0.2) is 0 Å². The van der Waals surface area contributed by atoms with Gasteiger partial charge in [-0.05, 0) is 23.3 Å². The Morgan fingerprint density at radius 1 is 1.12 bits per heavy atom. The van der Waals surface area contributed by atoms with E-state index in [1.165, 1.54) is 5.56 Å². The smallest absolute Gasteiger partial charge is 0.224 e. The van der Waals surface area contributed by atoms with Crippen LogP contribution in [0.4, 0.5) is 0 Å². The van der Waals surface area contributed by atoms with Gasteiger partial charge in [0.05, 0.1) is 25.7 Å². The van der Waals surface area contributed by atoms with Crippen molar-refractivity contribution in [2.75, 3.05) is 32.8 Å². The third-order valence-electron chi connectivity index (χ3n) is 4.44. The van der Waals surface area contributed by atoms with E-state index in [1.807, 2.05) is 24.3 Å². The number of nitrogens with zero attached hydrogens (tertiary/aromatic N) is 1. The number of phenolic OH excluding ortho intramolecular Hbond substituents is 1. The Morgan fingerprint density at radius 3 is 2.60 bits per heavy atom. The number of hydrogen-bond donors (Lipinski definition) is 2. The van der Waals surface area contributed by atoms with E-state index in [-0.39, 0.29) is 24.1 Å². The van der Waals surface area contributed by atoms with Gasteiger partial charge in [0.1, 0.15) is 5.75 Å².